The third-order valence-corrected chi connectivity index (χ3v) is 5.15. The number of methoxy groups -OCH3 is 3. The molecule has 0 saturated heterocycles. The van der Waals surface area contributed by atoms with E-state index in [1.807, 2.05) is 0 Å². The van der Waals surface area contributed by atoms with Crippen LogP contribution < -0.4 is 14.2 Å². The third-order valence-electron chi connectivity index (χ3n) is 5.15. The summed E-state index contributed by atoms with van der Waals surface area (Å²) in [5.41, 5.74) is -3.55. The van der Waals surface area contributed by atoms with Gasteiger partial charge in [0.05, 0.1) is 32.3 Å². The fraction of sp³-hybridized carbons (Fsp3) is 0.400. The normalized spacial score (nSPS) is 23.4. The van der Waals surface area contributed by atoms with E-state index in [4.69, 9.17) is 14.2 Å². The van der Waals surface area contributed by atoms with Crippen molar-refractivity contribution in [2.45, 2.75) is 19.4 Å². The van der Waals surface area contributed by atoms with Crippen molar-refractivity contribution in [3.63, 3.8) is 0 Å². The first kappa shape index (κ1) is 21.3. The maximum Gasteiger partial charge on any atom is 0.332 e. The first-order chi connectivity index (χ1) is 13.0. The van der Waals surface area contributed by atoms with E-state index in [9.17, 15) is 24.9 Å². The number of aliphatic carboxylic acids is 2. The Labute approximate surface area is 162 Å². The van der Waals surface area contributed by atoms with Crippen molar-refractivity contribution in [3.05, 3.63) is 41.5 Å². The van der Waals surface area contributed by atoms with E-state index in [1.54, 1.807) is 0 Å². The van der Waals surface area contributed by atoms with E-state index in [-0.39, 0.29) is 22.6 Å². The van der Waals surface area contributed by atoms with Crippen molar-refractivity contribution >= 4 is 11.9 Å². The lowest BCUT2D eigenvalue weighted by Crippen LogP contribution is -2.49. The molecule has 3 unspecified atom stereocenters. The molecule has 0 saturated carbocycles. The zero-order valence-corrected chi connectivity index (χ0v) is 16.3. The summed E-state index contributed by atoms with van der Waals surface area (Å²) in [4.78, 5) is 23.9. The molecule has 28 heavy (non-hydrogen) atoms. The Hall–Kier alpha value is -3.00. The minimum Gasteiger partial charge on any atom is -0.493 e. The van der Waals surface area contributed by atoms with Crippen LogP contribution in [-0.2, 0) is 15.2 Å². The Morgan fingerprint density at radius 1 is 1.07 bits per heavy atom. The molecule has 0 radical (unpaired) electrons. The summed E-state index contributed by atoms with van der Waals surface area (Å²) in [5.74, 6) is -3.06. The highest BCUT2D eigenvalue weighted by Gasteiger charge is 2.54. The first-order valence-electron chi connectivity index (χ1n) is 8.43. The van der Waals surface area contributed by atoms with Crippen molar-refractivity contribution in [1.82, 2.24) is 0 Å². The molecule has 0 heterocycles. The number of hydrogen-bond donors (Lipinski definition) is 3. The van der Waals surface area contributed by atoms with Crippen LogP contribution in [0.5, 0.6) is 17.2 Å². The molecule has 3 atom stereocenters. The van der Waals surface area contributed by atoms with Gasteiger partial charge in [0, 0.05) is 11.5 Å². The lowest BCUT2D eigenvalue weighted by molar-refractivity contribution is -0.154. The van der Waals surface area contributed by atoms with Crippen molar-refractivity contribution < 1.29 is 39.1 Å². The lowest BCUT2D eigenvalue weighted by Gasteiger charge is -2.43. The predicted octanol–water partition coefficient (Wildman–Crippen LogP) is 2.21. The van der Waals surface area contributed by atoms with Gasteiger partial charge in [-0.15, -0.1) is 0 Å². The number of carbonyl (C=O) groups is 2. The monoisotopic (exact) mass is 392 g/mol. The quantitative estimate of drug-likeness (QED) is 0.645. The van der Waals surface area contributed by atoms with Gasteiger partial charge in [0.25, 0.3) is 0 Å². The maximum atomic E-state index is 12.0. The van der Waals surface area contributed by atoms with E-state index < -0.39 is 28.9 Å². The second kappa shape index (κ2) is 7.55. The Bertz CT molecular complexity index is 827. The molecule has 1 aliphatic carbocycles. The highest BCUT2D eigenvalue weighted by molar-refractivity contribution is 5.91. The molecule has 0 bridgehead atoms. The van der Waals surface area contributed by atoms with E-state index in [0.29, 0.717) is 5.75 Å². The van der Waals surface area contributed by atoms with Crippen LogP contribution in [-0.4, -0.2) is 48.6 Å². The minimum absolute atomic E-state index is 0.217. The van der Waals surface area contributed by atoms with Crippen molar-refractivity contribution in [3.8, 4) is 17.2 Å². The molecule has 8 heteroatoms. The summed E-state index contributed by atoms with van der Waals surface area (Å²) < 4.78 is 15.9. The molecule has 1 aromatic rings. The molecular weight excluding hydrogens is 368 g/mol. The van der Waals surface area contributed by atoms with Crippen LogP contribution in [0.1, 0.15) is 19.4 Å². The molecule has 152 valence electrons. The number of ether oxygens (including phenoxy) is 3. The zero-order chi connectivity index (χ0) is 21.3. The molecule has 0 fully saturated rings. The summed E-state index contributed by atoms with van der Waals surface area (Å²) in [6.07, 6.45) is 4.04. The molecule has 1 aliphatic rings. The average molecular weight is 392 g/mol. The van der Waals surface area contributed by atoms with Crippen LogP contribution in [0.2, 0.25) is 0 Å². The number of benzene rings is 1. The molecule has 1 aromatic carbocycles. The van der Waals surface area contributed by atoms with Gasteiger partial charge in [-0.25, -0.2) is 4.79 Å². The summed E-state index contributed by atoms with van der Waals surface area (Å²) in [7, 11) is 4.24. The Kier molecular flexibility index (Phi) is 5.75. The van der Waals surface area contributed by atoms with Gasteiger partial charge >= 0.3 is 11.9 Å². The van der Waals surface area contributed by atoms with Crippen LogP contribution in [0.15, 0.2) is 35.9 Å². The van der Waals surface area contributed by atoms with E-state index >= 15 is 0 Å². The van der Waals surface area contributed by atoms with Gasteiger partial charge < -0.3 is 29.5 Å². The van der Waals surface area contributed by atoms with Crippen molar-refractivity contribution in [2.24, 2.45) is 11.3 Å². The van der Waals surface area contributed by atoms with Crippen LogP contribution in [0.25, 0.3) is 0 Å². The summed E-state index contributed by atoms with van der Waals surface area (Å²) >= 11 is 0. The maximum absolute atomic E-state index is 12.0. The molecule has 2 rings (SSSR count). The topological polar surface area (TPSA) is 123 Å². The van der Waals surface area contributed by atoms with E-state index in [1.165, 1.54) is 65.5 Å². The molecule has 0 aliphatic heterocycles. The summed E-state index contributed by atoms with van der Waals surface area (Å²) in [5, 5.41) is 30.9. The smallest absolute Gasteiger partial charge is 0.332 e. The number of carboxylic acid groups (broad SMARTS) is 2. The van der Waals surface area contributed by atoms with Crippen molar-refractivity contribution in [2.75, 3.05) is 21.3 Å². The Morgan fingerprint density at radius 2 is 1.61 bits per heavy atom. The van der Waals surface area contributed by atoms with E-state index in [2.05, 4.69) is 0 Å². The average Bonchev–Trinajstić information content (AvgIpc) is 2.65. The van der Waals surface area contributed by atoms with Gasteiger partial charge in [0.1, 0.15) is 0 Å². The predicted molar refractivity (Wildman–Crippen MR) is 99.8 cm³/mol. The number of carboxylic acids is 2. The van der Waals surface area contributed by atoms with Gasteiger partial charge in [-0.3, -0.25) is 4.79 Å². The largest absolute Gasteiger partial charge is 0.493 e. The van der Waals surface area contributed by atoms with E-state index in [0.717, 1.165) is 0 Å². The molecule has 0 aromatic heterocycles. The fourth-order valence-electron chi connectivity index (χ4n) is 3.68. The zero-order valence-electron chi connectivity index (χ0n) is 16.3. The Morgan fingerprint density at radius 3 is 2.00 bits per heavy atom. The van der Waals surface area contributed by atoms with Gasteiger partial charge in [-0.2, -0.15) is 0 Å². The summed E-state index contributed by atoms with van der Waals surface area (Å²) in [6.45, 7) is 2.74. The summed E-state index contributed by atoms with van der Waals surface area (Å²) in [6, 6.07) is 2.95. The number of aliphatic hydroxyl groups is 1. The van der Waals surface area contributed by atoms with Gasteiger partial charge in [-0.1, -0.05) is 18.2 Å². The molecule has 0 spiro atoms. The fourth-order valence-corrected chi connectivity index (χ4v) is 3.68. The second-order valence-corrected chi connectivity index (χ2v) is 6.87. The third kappa shape index (κ3) is 3.31. The highest BCUT2D eigenvalue weighted by atomic mass is 16.5. The highest BCUT2D eigenvalue weighted by Crippen LogP contribution is 2.51. The number of rotatable bonds is 7. The minimum atomic E-state index is -1.89. The standard InChI is InChI=1S/C20H24O8/c1-19(18(23)24)8-6-7-12(17(21)22)16(19)20(2,25)11-9-13(26-3)15(28-5)14(10-11)27-4/h6-10,16,25H,1-5H3,(H,21,22)(H,23,24). The van der Waals surface area contributed by atoms with Crippen molar-refractivity contribution in [1.29, 1.82) is 0 Å². The number of allylic oxidation sites excluding steroid dienone is 2. The second-order valence-electron chi connectivity index (χ2n) is 6.87. The molecule has 8 nitrogen and oxygen atoms in total. The first-order valence-corrected chi connectivity index (χ1v) is 8.43. The molecular formula is C20H24O8. The van der Waals surface area contributed by atoms with Gasteiger partial charge in [0.15, 0.2) is 11.5 Å². The van der Waals surface area contributed by atoms with Gasteiger partial charge in [-0.05, 0) is 31.5 Å². The molecule has 3 N–H and O–H groups in total. The Balaban J connectivity index is 2.75. The lowest BCUT2D eigenvalue weighted by atomic mass is 9.61. The molecule has 0 amide bonds. The van der Waals surface area contributed by atoms with Crippen LogP contribution in [0, 0.1) is 11.3 Å². The van der Waals surface area contributed by atoms with Crippen LogP contribution in [0.4, 0.5) is 0 Å². The van der Waals surface area contributed by atoms with Crippen LogP contribution in [0.3, 0.4) is 0 Å². The SMILES string of the molecule is COc1cc(C(C)(O)C2C(C(=O)O)=CC=CC2(C)C(=O)O)cc(OC)c1OC. The number of hydrogen-bond acceptors (Lipinski definition) is 6. The van der Waals surface area contributed by atoms with Gasteiger partial charge in [0.2, 0.25) is 5.75 Å². The van der Waals surface area contributed by atoms with Crippen LogP contribution >= 0.6 is 0 Å².